The summed E-state index contributed by atoms with van der Waals surface area (Å²) in [5.74, 6) is -0.689. The molecule has 30 heavy (non-hydrogen) atoms. The average molecular weight is 425 g/mol. The highest BCUT2D eigenvalue weighted by Crippen LogP contribution is 2.39. The lowest BCUT2D eigenvalue weighted by molar-refractivity contribution is -0.121. The molecule has 0 aliphatic carbocycles. The molecule has 2 aliphatic rings. The molecule has 2 aliphatic heterocycles. The second-order valence-corrected chi connectivity index (χ2v) is 8.51. The van der Waals surface area contributed by atoms with Gasteiger partial charge in [-0.3, -0.25) is 9.59 Å². The largest absolute Gasteiger partial charge is 0.372 e. The lowest BCUT2D eigenvalue weighted by atomic mass is 9.97. The second kappa shape index (κ2) is 7.89. The lowest BCUT2D eigenvalue weighted by Crippen LogP contribution is -2.47. The second-order valence-electron chi connectivity index (χ2n) is 8.10. The standard InChI is InChI=1S/C24H25ClN2O3/c1-14-9-10-18(15(2)11-14)21-22(26-12-16(3)30-17(4)13-26)24(29)27(23(21)28)20-8-6-5-7-19(20)25/h5-11,16-17H,12-13H2,1-4H3. The van der Waals surface area contributed by atoms with Crippen LogP contribution in [-0.2, 0) is 14.3 Å². The molecule has 0 N–H and O–H groups in total. The fourth-order valence-corrected chi connectivity index (χ4v) is 4.58. The highest BCUT2D eigenvalue weighted by Gasteiger charge is 2.44. The molecule has 2 amide bonds. The maximum atomic E-state index is 13.7. The van der Waals surface area contributed by atoms with E-state index >= 15 is 0 Å². The molecule has 4 rings (SSSR count). The predicted molar refractivity (Wildman–Crippen MR) is 118 cm³/mol. The number of ether oxygens (including phenoxy) is 1. The van der Waals surface area contributed by atoms with Crippen molar-refractivity contribution in [3.8, 4) is 0 Å². The van der Waals surface area contributed by atoms with E-state index in [1.807, 2.05) is 50.8 Å². The first kappa shape index (κ1) is 20.6. The summed E-state index contributed by atoms with van der Waals surface area (Å²) in [5.41, 5.74) is 4.09. The fourth-order valence-electron chi connectivity index (χ4n) is 4.36. The molecule has 0 aromatic heterocycles. The number of amides is 2. The van der Waals surface area contributed by atoms with Crippen LogP contribution in [0.15, 0.2) is 48.2 Å². The zero-order valence-electron chi connectivity index (χ0n) is 17.6. The van der Waals surface area contributed by atoms with Crippen molar-refractivity contribution in [2.45, 2.75) is 39.9 Å². The minimum absolute atomic E-state index is 0.0427. The zero-order valence-corrected chi connectivity index (χ0v) is 18.4. The summed E-state index contributed by atoms with van der Waals surface area (Å²) >= 11 is 6.36. The first-order valence-corrected chi connectivity index (χ1v) is 10.5. The number of imide groups is 1. The molecule has 5 nitrogen and oxygen atoms in total. The Morgan fingerprint density at radius 1 is 0.967 bits per heavy atom. The van der Waals surface area contributed by atoms with Gasteiger partial charge < -0.3 is 9.64 Å². The van der Waals surface area contributed by atoms with Crippen molar-refractivity contribution in [2.24, 2.45) is 0 Å². The Bertz CT molecular complexity index is 1050. The van der Waals surface area contributed by atoms with Crippen molar-refractivity contribution in [1.29, 1.82) is 0 Å². The molecule has 0 bridgehead atoms. The maximum absolute atomic E-state index is 13.7. The summed E-state index contributed by atoms with van der Waals surface area (Å²) in [6, 6.07) is 12.9. The van der Waals surface area contributed by atoms with Crippen LogP contribution in [0.5, 0.6) is 0 Å². The summed E-state index contributed by atoms with van der Waals surface area (Å²) in [5, 5.41) is 0.365. The Morgan fingerprint density at radius 2 is 1.63 bits per heavy atom. The van der Waals surface area contributed by atoms with E-state index in [2.05, 4.69) is 0 Å². The third-order valence-corrected chi connectivity index (χ3v) is 5.86. The molecule has 2 heterocycles. The molecule has 2 unspecified atom stereocenters. The summed E-state index contributed by atoms with van der Waals surface area (Å²) in [4.78, 5) is 30.5. The Hall–Kier alpha value is -2.63. The molecule has 0 spiro atoms. The monoisotopic (exact) mass is 424 g/mol. The topological polar surface area (TPSA) is 49.9 Å². The van der Waals surface area contributed by atoms with E-state index in [1.165, 1.54) is 4.90 Å². The summed E-state index contributed by atoms with van der Waals surface area (Å²) in [7, 11) is 0. The number of carbonyl (C=O) groups is 2. The highest BCUT2D eigenvalue weighted by molar-refractivity contribution is 6.47. The molecule has 2 atom stereocenters. The Labute approximate surface area is 181 Å². The van der Waals surface area contributed by atoms with E-state index in [4.69, 9.17) is 16.3 Å². The number of benzene rings is 2. The van der Waals surface area contributed by atoms with E-state index < -0.39 is 0 Å². The van der Waals surface area contributed by atoms with Gasteiger partial charge in [-0.15, -0.1) is 0 Å². The highest BCUT2D eigenvalue weighted by atomic mass is 35.5. The van der Waals surface area contributed by atoms with Gasteiger partial charge in [0.25, 0.3) is 11.8 Å². The van der Waals surface area contributed by atoms with Gasteiger partial charge in [0, 0.05) is 13.1 Å². The van der Waals surface area contributed by atoms with Crippen LogP contribution in [-0.4, -0.2) is 42.0 Å². The molecule has 1 saturated heterocycles. The Morgan fingerprint density at radius 3 is 2.27 bits per heavy atom. The van der Waals surface area contributed by atoms with Crippen LogP contribution in [0.3, 0.4) is 0 Å². The third-order valence-electron chi connectivity index (χ3n) is 5.54. The van der Waals surface area contributed by atoms with E-state index in [1.54, 1.807) is 24.3 Å². The number of nitrogens with zero attached hydrogens (tertiary/aromatic N) is 2. The summed E-state index contributed by atoms with van der Waals surface area (Å²) in [6.45, 7) is 9.02. The number of carbonyl (C=O) groups excluding carboxylic acids is 2. The van der Waals surface area contributed by atoms with E-state index in [0.29, 0.717) is 35.1 Å². The fraction of sp³-hybridized carbons (Fsp3) is 0.333. The van der Waals surface area contributed by atoms with Gasteiger partial charge in [0.15, 0.2) is 0 Å². The first-order valence-electron chi connectivity index (χ1n) is 10.1. The number of anilines is 1. The van der Waals surface area contributed by atoms with Gasteiger partial charge in [-0.1, -0.05) is 47.5 Å². The Kier molecular flexibility index (Phi) is 5.43. The normalized spacial score (nSPS) is 22.3. The Balaban J connectivity index is 1.89. The lowest BCUT2D eigenvalue weighted by Gasteiger charge is -2.37. The van der Waals surface area contributed by atoms with Gasteiger partial charge in [-0.25, -0.2) is 4.90 Å². The summed E-state index contributed by atoms with van der Waals surface area (Å²) < 4.78 is 5.85. The first-order chi connectivity index (χ1) is 14.3. The van der Waals surface area contributed by atoms with Crippen LogP contribution >= 0.6 is 11.6 Å². The van der Waals surface area contributed by atoms with Crippen molar-refractivity contribution in [3.63, 3.8) is 0 Å². The molecule has 6 heteroatoms. The predicted octanol–water partition coefficient (Wildman–Crippen LogP) is 4.35. The van der Waals surface area contributed by atoms with Crippen LogP contribution in [0.2, 0.25) is 5.02 Å². The van der Waals surface area contributed by atoms with Gasteiger partial charge >= 0.3 is 0 Å². The third kappa shape index (κ3) is 3.53. The van der Waals surface area contributed by atoms with Crippen molar-refractivity contribution >= 4 is 34.7 Å². The van der Waals surface area contributed by atoms with Crippen molar-refractivity contribution in [2.75, 3.05) is 18.0 Å². The molecule has 0 radical (unpaired) electrons. The van der Waals surface area contributed by atoms with Crippen LogP contribution in [0.4, 0.5) is 5.69 Å². The number of hydrogen-bond acceptors (Lipinski definition) is 4. The van der Waals surface area contributed by atoms with Gasteiger partial charge in [-0.2, -0.15) is 0 Å². The van der Waals surface area contributed by atoms with Crippen LogP contribution in [0, 0.1) is 13.8 Å². The van der Waals surface area contributed by atoms with Crippen molar-refractivity contribution < 1.29 is 14.3 Å². The minimum atomic E-state index is -0.346. The van der Waals surface area contributed by atoms with E-state index in [9.17, 15) is 9.59 Å². The number of aryl methyl sites for hydroxylation is 2. The molecule has 2 aromatic rings. The molecule has 156 valence electrons. The van der Waals surface area contributed by atoms with Crippen LogP contribution < -0.4 is 4.90 Å². The molecular formula is C24H25ClN2O3. The summed E-state index contributed by atoms with van der Waals surface area (Å²) in [6.07, 6.45) is -0.0854. The van der Waals surface area contributed by atoms with Gasteiger partial charge in [-0.05, 0) is 51.0 Å². The van der Waals surface area contributed by atoms with Gasteiger partial charge in [0.05, 0.1) is 28.5 Å². The van der Waals surface area contributed by atoms with Crippen LogP contribution in [0.25, 0.3) is 5.57 Å². The average Bonchev–Trinajstić information content (AvgIpc) is 2.92. The molecular weight excluding hydrogens is 400 g/mol. The van der Waals surface area contributed by atoms with E-state index in [0.717, 1.165) is 16.7 Å². The van der Waals surface area contributed by atoms with Crippen molar-refractivity contribution in [1.82, 2.24) is 4.90 Å². The maximum Gasteiger partial charge on any atom is 0.282 e. The van der Waals surface area contributed by atoms with Gasteiger partial charge in [0.1, 0.15) is 5.70 Å². The molecule has 1 fully saturated rings. The molecule has 2 aromatic carbocycles. The van der Waals surface area contributed by atoms with Gasteiger partial charge in [0.2, 0.25) is 0 Å². The minimum Gasteiger partial charge on any atom is -0.372 e. The number of morpholine rings is 1. The number of para-hydroxylation sites is 1. The number of halogens is 1. The number of rotatable bonds is 3. The smallest absolute Gasteiger partial charge is 0.282 e. The quantitative estimate of drug-likeness (QED) is 0.687. The molecule has 0 saturated carbocycles. The SMILES string of the molecule is Cc1ccc(C2=C(N3CC(C)OC(C)C3)C(=O)N(c3ccccc3Cl)C2=O)c(C)c1. The van der Waals surface area contributed by atoms with Crippen molar-refractivity contribution in [3.05, 3.63) is 69.9 Å². The van der Waals surface area contributed by atoms with Crippen LogP contribution in [0.1, 0.15) is 30.5 Å². The number of hydrogen-bond donors (Lipinski definition) is 0. The van der Waals surface area contributed by atoms with E-state index in [-0.39, 0.29) is 24.0 Å². The zero-order chi connectivity index (χ0) is 21.6.